The molecule has 0 aromatic heterocycles. The second-order valence-electron chi connectivity index (χ2n) is 17.2. The van der Waals surface area contributed by atoms with E-state index in [9.17, 15) is 4.57 Å². The van der Waals surface area contributed by atoms with Crippen LogP contribution in [-0.2, 0) is 48.3 Å². The van der Waals surface area contributed by atoms with Crippen LogP contribution in [0.25, 0.3) is 0 Å². The number of benzene rings is 3. The highest BCUT2D eigenvalue weighted by Crippen LogP contribution is 2.57. The van der Waals surface area contributed by atoms with Crippen LogP contribution in [0.15, 0.2) is 91.0 Å². The zero-order valence-electron chi connectivity index (χ0n) is 35.8. The van der Waals surface area contributed by atoms with Crippen molar-refractivity contribution in [1.29, 1.82) is 0 Å². The highest BCUT2D eigenvalue weighted by atomic mass is 32.2. The summed E-state index contributed by atoms with van der Waals surface area (Å²) in [7, 11) is -3.50. The van der Waals surface area contributed by atoms with E-state index in [0.29, 0.717) is 32.5 Å². The maximum Gasteiger partial charge on any atom is 0.343 e. The van der Waals surface area contributed by atoms with Crippen LogP contribution < -0.4 is 10.4 Å². The molecule has 0 bridgehead atoms. The largest absolute Gasteiger partial charge is 0.402 e. The second-order valence-corrected chi connectivity index (χ2v) is 25.3. The van der Waals surface area contributed by atoms with Gasteiger partial charge in [-0.05, 0) is 80.6 Å². The average molecular weight is 843 g/mol. The van der Waals surface area contributed by atoms with Gasteiger partial charge in [0.25, 0.3) is 8.32 Å². The summed E-state index contributed by atoms with van der Waals surface area (Å²) in [5, 5.41) is 2.17. The van der Waals surface area contributed by atoms with Gasteiger partial charge < -0.3 is 37.2 Å². The van der Waals surface area contributed by atoms with Crippen molar-refractivity contribution in [3.8, 4) is 0 Å². The Hall–Kier alpha value is -1.86. The Labute approximate surface area is 347 Å². The molecule has 2 heterocycles. The maximum atomic E-state index is 13.6. The Bertz CT molecular complexity index is 1640. The standard InChI is InChI=1S/C45H67O9PSSi/c1-43(2,3)57(38-22-16-12-17-23-38,39-24-18-13-19-25-39)54-40(41-31-37(52-45(6,7)53-41)32-42(56-10)55(46,47-8)48-9)27-26-35-30-36(51-44(4,5)50-35)28-29-49-33-34-20-14-11-15-21-34/h11-25,35-37,40-42H,26-33H2,1-10H3/t35-,36+,37+,40-,41-,42?/m1/s1. The van der Waals surface area contributed by atoms with Crippen LogP contribution in [0.3, 0.4) is 0 Å². The molecule has 2 aliphatic heterocycles. The minimum Gasteiger partial charge on any atom is -0.402 e. The van der Waals surface area contributed by atoms with Gasteiger partial charge in [0, 0.05) is 33.7 Å². The van der Waals surface area contributed by atoms with Crippen LogP contribution in [0, 0.1) is 0 Å². The summed E-state index contributed by atoms with van der Waals surface area (Å²) in [5.41, 5.74) is 1.16. The van der Waals surface area contributed by atoms with Crippen molar-refractivity contribution in [2.24, 2.45) is 0 Å². The van der Waals surface area contributed by atoms with Gasteiger partial charge in [-0.25, -0.2) is 0 Å². The Morgan fingerprint density at radius 1 is 0.754 bits per heavy atom. The van der Waals surface area contributed by atoms with Crippen molar-refractivity contribution in [3.05, 3.63) is 96.6 Å². The number of ether oxygens (including phenoxy) is 5. The van der Waals surface area contributed by atoms with Gasteiger partial charge in [0.1, 0.15) is 4.99 Å². The Morgan fingerprint density at radius 2 is 1.26 bits per heavy atom. The Morgan fingerprint density at radius 3 is 1.79 bits per heavy atom. The normalized spacial score (nSPS) is 23.8. The predicted octanol–water partition coefficient (Wildman–Crippen LogP) is 9.70. The number of rotatable bonds is 19. The first-order valence-corrected chi connectivity index (χ1v) is 25.2. The van der Waals surface area contributed by atoms with E-state index in [1.807, 2.05) is 52.1 Å². The van der Waals surface area contributed by atoms with Gasteiger partial charge in [0.15, 0.2) is 11.6 Å². The van der Waals surface area contributed by atoms with Crippen molar-refractivity contribution in [2.75, 3.05) is 27.1 Å². The smallest absolute Gasteiger partial charge is 0.343 e. The third kappa shape index (κ3) is 12.1. The van der Waals surface area contributed by atoms with Crippen molar-refractivity contribution >= 4 is 38.0 Å². The van der Waals surface area contributed by atoms with Gasteiger partial charge >= 0.3 is 7.60 Å². The summed E-state index contributed by atoms with van der Waals surface area (Å²) in [6.45, 7) is 16.0. The van der Waals surface area contributed by atoms with Gasteiger partial charge in [-0.15, -0.1) is 11.8 Å². The van der Waals surface area contributed by atoms with E-state index >= 15 is 0 Å². The number of hydrogen-bond acceptors (Lipinski definition) is 10. The molecule has 3 aromatic carbocycles. The summed E-state index contributed by atoms with van der Waals surface area (Å²) in [5.74, 6) is -1.66. The lowest BCUT2D eigenvalue weighted by Gasteiger charge is -2.50. The van der Waals surface area contributed by atoms with Crippen LogP contribution in [-0.4, -0.2) is 82.5 Å². The molecule has 0 spiro atoms. The molecule has 0 N–H and O–H groups in total. The van der Waals surface area contributed by atoms with Gasteiger partial charge in [-0.2, -0.15) is 0 Å². The Balaban J connectivity index is 1.46. The first kappa shape index (κ1) is 46.2. The molecular weight excluding hydrogens is 776 g/mol. The van der Waals surface area contributed by atoms with Crippen molar-refractivity contribution < 1.29 is 41.7 Å². The molecule has 12 heteroatoms. The first-order chi connectivity index (χ1) is 27.0. The molecule has 57 heavy (non-hydrogen) atoms. The van der Waals surface area contributed by atoms with Crippen LogP contribution in [0.5, 0.6) is 0 Å². The third-order valence-electron chi connectivity index (χ3n) is 11.0. The fourth-order valence-electron chi connectivity index (χ4n) is 8.55. The summed E-state index contributed by atoms with van der Waals surface area (Å²) >= 11 is 1.48. The molecule has 5 rings (SSSR count). The molecular formula is C45H67O9PSSi. The van der Waals surface area contributed by atoms with E-state index in [-0.39, 0.29) is 35.6 Å². The van der Waals surface area contributed by atoms with Crippen LogP contribution in [0.2, 0.25) is 5.04 Å². The van der Waals surface area contributed by atoms with Gasteiger partial charge in [-0.3, -0.25) is 4.57 Å². The molecule has 6 atom stereocenters. The number of thioether (sulfide) groups is 1. The minimum atomic E-state index is -3.37. The molecule has 9 nitrogen and oxygen atoms in total. The summed E-state index contributed by atoms with van der Waals surface area (Å²) < 4.78 is 65.2. The molecule has 0 saturated carbocycles. The predicted molar refractivity (Wildman–Crippen MR) is 233 cm³/mol. The van der Waals surface area contributed by atoms with Crippen molar-refractivity contribution in [2.45, 2.75) is 146 Å². The highest BCUT2D eigenvalue weighted by molar-refractivity contribution is 8.04. The van der Waals surface area contributed by atoms with Gasteiger partial charge in [-0.1, -0.05) is 112 Å². The van der Waals surface area contributed by atoms with E-state index in [1.165, 1.54) is 36.4 Å². The maximum absolute atomic E-state index is 13.6. The summed E-state index contributed by atoms with van der Waals surface area (Å²) in [6.07, 6.45) is 4.94. The molecule has 0 amide bonds. The van der Waals surface area contributed by atoms with E-state index < -0.39 is 32.5 Å². The SMILES string of the molecule is COP(=O)(OC)C(C[C@@H]1C[C@H]([C@@H](CC[C@@H]2C[C@H](CCOCc3ccccc3)OC(C)(C)O2)O[Si](c2ccccc2)(c2ccccc2)C(C)(C)C)OC(C)(C)O1)SC. The van der Waals surface area contributed by atoms with Crippen LogP contribution in [0.4, 0.5) is 0 Å². The topological polar surface area (TPSA) is 90.9 Å². The lowest BCUT2D eigenvalue weighted by Crippen LogP contribution is -2.69. The van der Waals surface area contributed by atoms with E-state index in [4.69, 9.17) is 37.2 Å². The molecule has 316 valence electrons. The highest BCUT2D eigenvalue weighted by Gasteiger charge is 2.54. The fraction of sp³-hybridized carbons (Fsp3) is 0.600. The first-order valence-electron chi connectivity index (χ1n) is 20.4. The summed E-state index contributed by atoms with van der Waals surface area (Å²) in [4.78, 5) is -0.408. The molecule has 0 aliphatic carbocycles. The van der Waals surface area contributed by atoms with E-state index in [0.717, 1.165) is 24.8 Å². The van der Waals surface area contributed by atoms with Crippen molar-refractivity contribution in [3.63, 3.8) is 0 Å². The Kier molecular flexibility index (Phi) is 16.3. The van der Waals surface area contributed by atoms with E-state index in [2.05, 4.69) is 93.6 Å². The van der Waals surface area contributed by atoms with Gasteiger partial charge in [0.2, 0.25) is 0 Å². The molecule has 3 aromatic rings. The molecule has 2 fully saturated rings. The monoisotopic (exact) mass is 842 g/mol. The number of hydrogen-bond donors (Lipinski definition) is 0. The second kappa shape index (κ2) is 20.1. The van der Waals surface area contributed by atoms with Crippen molar-refractivity contribution in [1.82, 2.24) is 0 Å². The lowest BCUT2D eigenvalue weighted by atomic mass is 9.95. The molecule has 1 unspecified atom stereocenters. The molecule has 2 aliphatic rings. The fourth-order valence-corrected chi connectivity index (χ4v) is 16.4. The quantitative estimate of drug-likeness (QED) is 0.0661. The van der Waals surface area contributed by atoms with Crippen LogP contribution in [0.1, 0.15) is 92.6 Å². The van der Waals surface area contributed by atoms with Gasteiger partial charge in [0.05, 0.1) is 37.1 Å². The zero-order chi connectivity index (χ0) is 41.3. The zero-order valence-corrected chi connectivity index (χ0v) is 38.5. The van der Waals surface area contributed by atoms with Crippen LogP contribution >= 0.6 is 19.4 Å². The minimum absolute atomic E-state index is 0.00560. The molecule has 2 saturated heterocycles. The molecule has 0 radical (unpaired) electrons. The van der Waals surface area contributed by atoms with E-state index in [1.54, 1.807) is 0 Å². The third-order valence-corrected chi connectivity index (χ3v) is 20.2. The summed E-state index contributed by atoms with van der Waals surface area (Å²) in [6, 6.07) is 31.7. The average Bonchev–Trinajstić information content (AvgIpc) is 3.18. The lowest BCUT2D eigenvalue weighted by molar-refractivity contribution is -0.314.